The summed E-state index contributed by atoms with van der Waals surface area (Å²) in [6.45, 7) is 0.235. The normalized spacial score (nSPS) is 10.2. The molecule has 0 saturated heterocycles. The van der Waals surface area contributed by atoms with Crippen LogP contribution in [0, 0.1) is 0 Å². The number of amides is 1. The van der Waals surface area contributed by atoms with E-state index in [1.54, 1.807) is 18.2 Å². The second kappa shape index (κ2) is 6.34. The summed E-state index contributed by atoms with van der Waals surface area (Å²) in [5, 5.41) is 12.5. The number of hydrogen-bond acceptors (Lipinski definition) is 4. The number of nitrogen functional groups attached to an aromatic ring is 1. The van der Waals surface area contributed by atoms with Crippen molar-refractivity contribution in [1.29, 1.82) is 0 Å². The van der Waals surface area contributed by atoms with Gasteiger partial charge in [-0.1, -0.05) is 12.1 Å². The summed E-state index contributed by atoms with van der Waals surface area (Å²) in [5.41, 5.74) is 7.44. The van der Waals surface area contributed by atoms with Gasteiger partial charge in [0.15, 0.2) is 0 Å². The Labute approximate surface area is 122 Å². The molecule has 1 amide bonds. The van der Waals surface area contributed by atoms with E-state index in [4.69, 9.17) is 5.73 Å². The highest BCUT2D eigenvalue weighted by molar-refractivity contribution is 7.98. The first kappa shape index (κ1) is 14.3. The van der Waals surface area contributed by atoms with E-state index in [0.29, 0.717) is 16.8 Å². The van der Waals surface area contributed by atoms with Gasteiger partial charge in [-0.15, -0.1) is 11.8 Å². The first-order valence-corrected chi connectivity index (χ1v) is 7.33. The number of nitrogens with two attached hydrogens (primary N) is 1. The molecule has 0 aliphatic carbocycles. The van der Waals surface area contributed by atoms with Crippen molar-refractivity contribution in [1.82, 2.24) is 5.32 Å². The van der Waals surface area contributed by atoms with Gasteiger partial charge in [-0.25, -0.2) is 0 Å². The second-order valence-corrected chi connectivity index (χ2v) is 5.12. The number of carbonyl (C=O) groups excluding carboxylic acids is 1. The largest absolute Gasteiger partial charge is 0.508 e. The molecule has 4 nitrogen and oxygen atoms in total. The minimum absolute atomic E-state index is 0.123. The molecule has 104 valence electrons. The molecule has 20 heavy (non-hydrogen) atoms. The van der Waals surface area contributed by atoms with Crippen molar-refractivity contribution >= 4 is 23.4 Å². The molecule has 0 aromatic heterocycles. The zero-order chi connectivity index (χ0) is 14.5. The number of anilines is 1. The minimum atomic E-state index is -0.170. The van der Waals surface area contributed by atoms with Gasteiger partial charge in [0.1, 0.15) is 5.75 Å². The number of thioether (sulfide) groups is 1. The molecular weight excluding hydrogens is 272 g/mol. The Bertz CT molecular complexity index is 629. The van der Waals surface area contributed by atoms with Crippen LogP contribution in [0.5, 0.6) is 5.75 Å². The number of rotatable bonds is 4. The number of hydrogen-bond donors (Lipinski definition) is 3. The monoisotopic (exact) mass is 288 g/mol. The Morgan fingerprint density at radius 2 is 2.05 bits per heavy atom. The highest BCUT2D eigenvalue weighted by Crippen LogP contribution is 2.21. The fourth-order valence-corrected chi connectivity index (χ4v) is 2.45. The molecule has 2 aromatic rings. The molecule has 0 aliphatic rings. The number of nitrogens with one attached hydrogen (secondary N) is 1. The SMILES string of the molecule is CSc1ccccc1C(=O)NCc1cc(N)ccc1O. The fraction of sp³-hybridized carbons (Fsp3) is 0.133. The van der Waals surface area contributed by atoms with E-state index < -0.39 is 0 Å². The van der Waals surface area contributed by atoms with Crippen molar-refractivity contribution in [2.45, 2.75) is 11.4 Å². The molecule has 0 heterocycles. The Hall–Kier alpha value is -2.14. The van der Waals surface area contributed by atoms with E-state index in [9.17, 15) is 9.90 Å². The van der Waals surface area contributed by atoms with Crippen molar-refractivity contribution in [3.63, 3.8) is 0 Å². The summed E-state index contributed by atoms with van der Waals surface area (Å²) in [4.78, 5) is 13.1. The van der Waals surface area contributed by atoms with Crippen LogP contribution < -0.4 is 11.1 Å². The third-order valence-electron chi connectivity index (χ3n) is 2.89. The van der Waals surface area contributed by atoms with Gasteiger partial charge in [0.2, 0.25) is 0 Å². The van der Waals surface area contributed by atoms with Crippen LogP contribution in [0.4, 0.5) is 5.69 Å². The molecule has 2 rings (SSSR count). The van der Waals surface area contributed by atoms with E-state index in [1.807, 2.05) is 24.5 Å². The van der Waals surface area contributed by atoms with Crippen LogP contribution in [0.2, 0.25) is 0 Å². The van der Waals surface area contributed by atoms with Crippen LogP contribution >= 0.6 is 11.8 Å². The molecule has 4 N–H and O–H groups in total. The van der Waals surface area contributed by atoms with Crippen LogP contribution in [0.25, 0.3) is 0 Å². The van der Waals surface area contributed by atoms with Crippen molar-refractivity contribution < 1.29 is 9.90 Å². The van der Waals surface area contributed by atoms with Crippen LogP contribution in [-0.4, -0.2) is 17.3 Å². The number of carbonyl (C=O) groups is 1. The van der Waals surface area contributed by atoms with Crippen LogP contribution in [0.1, 0.15) is 15.9 Å². The second-order valence-electron chi connectivity index (χ2n) is 4.27. The van der Waals surface area contributed by atoms with Gasteiger partial charge in [0.25, 0.3) is 5.91 Å². The Balaban J connectivity index is 2.11. The van der Waals surface area contributed by atoms with E-state index >= 15 is 0 Å². The highest BCUT2D eigenvalue weighted by Gasteiger charge is 2.11. The number of phenolic OH excluding ortho intramolecular Hbond substituents is 1. The molecule has 0 unspecified atom stereocenters. The maximum atomic E-state index is 12.2. The van der Waals surface area contributed by atoms with Crippen molar-refractivity contribution in [2.75, 3.05) is 12.0 Å². The first-order chi connectivity index (χ1) is 9.61. The number of aromatic hydroxyl groups is 1. The van der Waals surface area contributed by atoms with Crippen LogP contribution in [0.15, 0.2) is 47.4 Å². The smallest absolute Gasteiger partial charge is 0.252 e. The molecule has 0 radical (unpaired) electrons. The maximum absolute atomic E-state index is 12.2. The van der Waals surface area contributed by atoms with Gasteiger partial charge < -0.3 is 16.2 Å². The lowest BCUT2D eigenvalue weighted by Crippen LogP contribution is -2.23. The van der Waals surface area contributed by atoms with Gasteiger partial charge >= 0.3 is 0 Å². The highest BCUT2D eigenvalue weighted by atomic mass is 32.2. The molecule has 0 atom stereocenters. The number of phenols is 1. The van der Waals surface area contributed by atoms with Crippen LogP contribution in [-0.2, 0) is 6.54 Å². The predicted octanol–water partition coefficient (Wildman–Crippen LogP) is 2.63. The summed E-state index contributed by atoms with van der Waals surface area (Å²) in [6, 6.07) is 12.2. The van der Waals surface area contributed by atoms with Gasteiger partial charge in [-0.05, 0) is 36.6 Å². The fourth-order valence-electron chi connectivity index (χ4n) is 1.85. The lowest BCUT2D eigenvalue weighted by molar-refractivity contribution is 0.0948. The molecule has 2 aromatic carbocycles. The van der Waals surface area contributed by atoms with Crippen molar-refractivity contribution in [3.8, 4) is 5.75 Å². The first-order valence-electron chi connectivity index (χ1n) is 6.10. The molecule has 0 bridgehead atoms. The standard InChI is InChI=1S/C15H16N2O2S/c1-20-14-5-3-2-4-12(14)15(19)17-9-10-8-11(16)6-7-13(10)18/h2-8,18H,9,16H2,1H3,(H,17,19). The summed E-state index contributed by atoms with van der Waals surface area (Å²) >= 11 is 1.52. The maximum Gasteiger partial charge on any atom is 0.252 e. The van der Waals surface area contributed by atoms with Gasteiger partial charge in [-0.3, -0.25) is 4.79 Å². The van der Waals surface area contributed by atoms with Gasteiger partial charge in [0.05, 0.1) is 5.56 Å². The molecule has 0 saturated carbocycles. The van der Waals surface area contributed by atoms with Gasteiger partial charge in [-0.2, -0.15) is 0 Å². The third kappa shape index (κ3) is 3.24. The van der Waals surface area contributed by atoms with E-state index in [2.05, 4.69) is 5.32 Å². The minimum Gasteiger partial charge on any atom is -0.508 e. The van der Waals surface area contributed by atoms with E-state index in [1.165, 1.54) is 17.8 Å². The zero-order valence-corrected chi connectivity index (χ0v) is 11.9. The van der Waals surface area contributed by atoms with E-state index in [-0.39, 0.29) is 18.2 Å². The summed E-state index contributed by atoms with van der Waals surface area (Å²) in [6.07, 6.45) is 1.93. The molecule has 0 aliphatic heterocycles. The van der Waals surface area contributed by atoms with Crippen LogP contribution in [0.3, 0.4) is 0 Å². The zero-order valence-electron chi connectivity index (χ0n) is 11.1. The molecule has 0 fully saturated rings. The average molecular weight is 288 g/mol. The Morgan fingerprint density at radius 1 is 1.30 bits per heavy atom. The third-order valence-corrected chi connectivity index (χ3v) is 3.69. The van der Waals surface area contributed by atoms with Crippen molar-refractivity contribution in [2.24, 2.45) is 0 Å². The summed E-state index contributed by atoms with van der Waals surface area (Å²) in [5.74, 6) is -0.0468. The topological polar surface area (TPSA) is 75.4 Å². The molecular formula is C15H16N2O2S. The Kier molecular flexibility index (Phi) is 4.53. The quantitative estimate of drug-likeness (QED) is 0.459. The number of benzene rings is 2. The van der Waals surface area contributed by atoms with Crippen molar-refractivity contribution in [3.05, 3.63) is 53.6 Å². The van der Waals surface area contributed by atoms with Gasteiger partial charge in [0, 0.05) is 22.7 Å². The average Bonchev–Trinajstić information content (AvgIpc) is 2.47. The molecule has 5 heteroatoms. The van der Waals surface area contributed by atoms with E-state index in [0.717, 1.165) is 4.90 Å². The predicted molar refractivity (Wildman–Crippen MR) is 81.9 cm³/mol. The lowest BCUT2D eigenvalue weighted by Gasteiger charge is -2.10. The summed E-state index contributed by atoms with van der Waals surface area (Å²) in [7, 11) is 0. The Morgan fingerprint density at radius 3 is 2.80 bits per heavy atom. The lowest BCUT2D eigenvalue weighted by atomic mass is 10.1. The summed E-state index contributed by atoms with van der Waals surface area (Å²) < 4.78 is 0. The molecule has 0 spiro atoms.